The van der Waals surface area contributed by atoms with Gasteiger partial charge in [-0.3, -0.25) is 9.78 Å². The van der Waals surface area contributed by atoms with Gasteiger partial charge in [-0.25, -0.2) is 4.79 Å². The Kier molecular flexibility index (Phi) is 5.06. The van der Waals surface area contributed by atoms with E-state index in [9.17, 15) is 14.7 Å². The SMILES string of the molecule is Cc1ccc(OC2(C(=O)O)CCN(C(=O)C[C@H]3C=CCC3)CC2)cn1. The summed E-state index contributed by atoms with van der Waals surface area (Å²) < 4.78 is 5.81. The van der Waals surface area contributed by atoms with E-state index in [0.717, 1.165) is 18.5 Å². The van der Waals surface area contributed by atoms with Crippen molar-refractivity contribution in [2.75, 3.05) is 13.1 Å². The quantitative estimate of drug-likeness (QED) is 0.831. The highest BCUT2D eigenvalue weighted by Gasteiger charge is 2.45. The minimum Gasteiger partial charge on any atom is -0.478 e. The standard InChI is InChI=1S/C19H24N2O4/c1-14-6-7-16(13-20-14)25-19(18(23)24)8-10-21(11-9-19)17(22)12-15-4-2-3-5-15/h2,4,6-7,13,15H,3,5,8-12H2,1H3,(H,23,24)/t15-/m0/s1. The predicted octanol–water partition coefficient (Wildman–Crippen LogP) is 2.57. The minimum absolute atomic E-state index is 0.104. The summed E-state index contributed by atoms with van der Waals surface area (Å²) in [7, 11) is 0. The fourth-order valence-electron chi connectivity index (χ4n) is 3.44. The summed E-state index contributed by atoms with van der Waals surface area (Å²) in [6.45, 7) is 2.67. The van der Waals surface area contributed by atoms with Crippen LogP contribution in [0.4, 0.5) is 0 Å². The zero-order valence-corrected chi connectivity index (χ0v) is 14.5. The minimum atomic E-state index is -1.29. The molecule has 25 heavy (non-hydrogen) atoms. The molecule has 1 aromatic rings. The molecule has 6 heteroatoms. The number of likely N-dealkylation sites (tertiary alicyclic amines) is 1. The second-order valence-corrected chi connectivity index (χ2v) is 6.89. The van der Waals surface area contributed by atoms with Crippen LogP contribution in [0.25, 0.3) is 0 Å². The van der Waals surface area contributed by atoms with Gasteiger partial charge in [-0.05, 0) is 37.8 Å². The number of ether oxygens (including phenoxy) is 1. The maximum absolute atomic E-state index is 12.4. The highest BCUT2D eigenvalue weighted by atomic mass is 16.5. The van der Waals surface area contributed by atoms with Gasteiger partial charge in [0, 0.05) is 38.0 Å². The smallest absolute Gasteiger partial charge is 0.348 e. The van der Waals surface area contributed by atoms with Crippen LogP contribution in [0.2, 0.25) is 0 Å². The number of rotatable bonds is 5. The zero-order valence-electron chi connectivity index (χ0n) is 14.5. The van der Waals surface area contributed by atoms with Crippen LogP contribution >= 0.6 is 0 Å². The van der Waals surface area contributed by atoms with Crippen LogP contribution in [0.1, 0.15) is 37.8 Å². The van der Waals surface area contributed by atoms with Gasteiger partial charge in [-0.1, -0.05) is 12.2 Å². The molecule has 1 aliphatic heterocycles. The van der Waals surface area contributed by atoms with E-state index in [-0.39, 0.29) is 18.7 Å². The fraction of sp³-hybridized carbons (Fsp3) is 0.526. The number of pyridine rings is 1. The third-order valence-electron chi connectivity index (χ3n) is 5.06. The van der Waals surface area contributed by atoms with Crippen molar-refractivity contribution in [2.24, 2.45) is 5.92 Å². The number of hydrogen-bond acceptors (Lipinski definition) is 4. The number of carbonyl (C=O) groups is 2. The highest BCUT2D eigenvalue weighted by Crippen LogP contribution is 2.30. The summed E-state index contributed by atoms with van der Waals surface area (Å²) in [6, 6.07) is 3.52. The molecule has 1 atom stereocenters. The number of hydrogen-bond donors (Lipinski definition) is 1. The number of carbonyl (C=O) groups excluding carboxylic acids is 1. The molecule has 1 saturated heterocycles. The van der Waals surface area contributed by atoms with Gasteiger partial charge in [0.05, 0.1) is 6.20 Å². The van der Waals surface area contributed by atoms with Crippen molar-refractivity contribution < 1.29 is 19.4 Å². The van der Waals surface area contributed by atoms with Crippen molar-refractivity contribution in [2.45, 2.75) is 44.6 Å². The monoisotopic (exact) mass is 344 g/mol. The van der Waals surface area contributed by atoms with E-state index in [0.29, 0.717) is 31.2 Å². The van der Waals surface area contributed by atoms with Crippen molar-refractivity contribution in [3.63, 3.8) is 0 Å². The topological polar surface area (TPSA) is 79.7 Å². The van der Waals surface area contributed by atoms with Gasteiger partial charge in [-0.2, -0.15) is 0 Å². The molecule has 0 unspecified atom stereocenters. The fourth-order valence-corrected chi connectivity index (χ4v) is 3.44. The third kappa shape index (κ3) is 4.00. The molecule has 134 valence electrons. The second kappa shape index (κ2) is 7.25. The Morgan fingerprint density at radius 3 is 2.68 bits per heavy atom. The van der Waals surface area contributed by atoms with E-state index in [1.807, 2.05) is 6.92 Å². The number of carboxylic acids is 1. The summed E-state index contributed by atoms with van der Waals surface area (Å²) >= 11 is 0. The van der Waals surface area contributed by atoms with Crippen molar-refractivity contribution >= 4 is 11.9 Å². The van der Waals surface area contributed by atoms with E-state index in [1.54, 1.807) is 23.2 Å². The van der Waals surface area contributed by atoms with Crippen molar-refractivity contribution in [3.05, 3.63) is 36.2 Å². The van der Waals surface area contributed by atoms with Crippen LogP contribution in [0.5, 0.6) is 5.75 Å². The van der Waals surface area contributed by atoms with Crippen LogP contribution < -0.4 is 4.74 Å². The summed E-state index contributed by atoms with van der Waals surface area (Å²) in [6.07, 6.45) is 8.92. The van der Waals surface area contributed by atoms with E-state index >= 15 is 0 Å². The lowest BCUT2D eigenvalue weighted by Gasteiger charge is -2.39. The molecule has 3 rings (SSSR count). The van der Waals surface area contributed by atoms with E-state index in [4.69, 9.17) is 4.74 Å². The Balaban J connectivity index is 1.61. The number of amides is 1. The van der Waals surface area contributed by atoms with E-state index < -0.39 is 11.6 Å². The molecule has 0 spiro atoms. The predicted molar refractivity (Wildman–Crippen MR) is 92.3 cm³/mol. The van der Waals surface area contributed by atoms with Crippen molar-refractivity contribution in [1.82, 2.24) is 9.88 Å². The number of aliphatic carboxylic acids is 1. The molecule has 0 aromatic carbocycles. The number of nitrogens with zero attached hydrogens (tertiary/aromatic N) is 2. The zero-order chi connectivity index (χ0) is 17.9. The Hall–Kier alpha value is -2.37. The molecule has 6 nitrogen and oxygen atoms in total. The van der Waals surface area contributed by atoms with E-state index in [2.05, 4.69) is 17.1 Å². The van der Waals surface area contributed by atoms with Gasteiger partial charge < -0.3 is 14.7 Å². The molecular formula is C19H24N2O4. The molecule has 2 aliphatic rings. The van der Waals surface area contributed by atoms with Gasteiger partial charge in [0.25, 0.3) is 0 Å². The Bertz CT molecular complexity index is 661. The summed E-state index contributed by atoms with van der Waals surface area (Å²) in [4.78, 5) is 30.2. The average Bonchev–Trinajstić information content (AvgIpc) is 3.10. The first-order chi connectivity index (χ1) is 12.0. The molecule has 1 amide bonds. The van der Waals surface area contributed by atoms with Gasteiger partial charge >= 0.3 is 5.97 Å². The second-order valence-electron chi connectivity index (χ2n) is 6.89. The molecule has 1 fully saturated rings. The average molecular weight is 344 g/mol. The summed E-state index contributed by atoms with van der Waals surface area (Å²) in [5, 5.41) is 9.70. The van der Waals surface area contributed by atoms with Crippen LogP contribution in [-0.4, -0.2) is 45.6 Å². The molecular weight excluding hydrogens is 320 g/mol. The lowest BCUT2D eigenvalue weighted by atomic mass is 9.90. The van der Waals surface area contributed by atoms with Crippen LogP contribution in [0.3, 0.4) is 0 Å². The Morgan fingerprint density at radius 2 is 2.12 bits per heavy atom. The Morgan fingerprint density at radius 1 is 1.36 bits per heavy atom. The molecule has 1 N–H and O–H groups in total. The lowest BCUT2D eigenvalue weighted by Crippen LogP contribution is -2.54. The molecule has 0 saturated carbocycles. The first-order valence-electron chi connectivity index (χ1n) is 8.78. The number of aromatic nitrogens is 1. The van der Waals surface area contributed by atoms with Crippen LogP contribution in [0, 0.1) is 12.8 Å². The van der Waals surface area contributed by atoms with Crippen LogP contribution in [0.15, 0.2) is 30.5 Å². The summed E-state index contributed by atoms with van der Waals surface area (Å²) in [5.74, 6) is -0.108. The molecule has 0 bridgehead atoms. The van der Waals surface area contributed by atoms with Gasteiger partial charge in [-0.15, -0.1) is 0 Å². The number of allylic oxidation sites excluding steroid dienone is 2. The largest absolute Gasteiger partial charge is 0.478 e. The molecule has 1 aliphatic carbocycles. The van der Waals surface area contributed by atoms with Crippen molar-refractivity contribution in [3.8, 4) is 5.75 Å². The Labute approximate surface area is 147 Å². The van der Waals surface area contributed by atoms with Gasteiger partial charge in [0.1, 0.15) is 5.75 Å². The normalized spacial score (nSPS) is 22.0. The maximum atomic E-state index is 12.4. The highest BCUT2D eigenvalue weighted by molar-refractivity contribution is 5.80. The number of piperidine rings is 1. The van der Waals surface area contributed by atoms with Crippen LogP contribution in [-0.2, 0) is 9.59 Å². The first kappa shape index (κ1) is 17.5. The van der Waals surface area contributed by atoms with E-state index in [1.165, 1.54) is 0 Å². The molecule has 1 aromatic heterocycles. The summed E-state index contributed by atoms with van der Waals surface area (Å²) in [5.41, 5.74) is -0.445. The maximum Gasteiger partial charge on any atom is 0.348 e. The van der Waals surface area contributed by atoms with Crippen molar-refractivity contribution in [1.29, 1.82) is 0 Å². The first-order valence-corrected chi connectivity index (χ1v) is 8.78. The lowest BCUT2D eigenvalue weighted by molar-refractivity contribution is -0.162. The number of carboxylic acid groups (broad SMARTS) is 1. The number of aryl methyl sites for hydroxylation is 1. The van der Waals surface area contributed by atoms with Gasteiger partial charge in [0.15, 0.2) is 0 Å². The van der Waals surface area contributed by atoms with Gasteiger partial charge in [0.2, 0.25) is 11.5 Å². The third-order valence-corrected chi connectivity index (χ3v) is 5.06. The molecule has 2 heterocycles. The molecule has 0 radical (unpaired) electrons.